The van der Waals surface area contributed by atoms with Gasteiger partial charge in [-0.15, -0.1) is 11.3 Å². The van der Waals surface area contributed by atoms with Crippen LogP contribution in [0.5, 0.6) is 0 Å². The first-order valence-corrected chi connectivity index (χ1v) is 9.32. The molecule has 3 heterocycles. The Balaban J connectivity index is 1.36. The molecule has 25 heavy (non-hydrogen) atoms. The molecule has 3 aromatic rings. The van der Waals surface area contributed by atoms with Crippen LogP contribution in [-0.4, -0.2) is 34.0 Å². The van der Waals surface area contributed by atoms with Crippen molar-refractivity contribution in [3.8, 4) is 0 Å². The average molecular weight is 353 g/mol. The van der Waals surface area contributed by atoms with Gasteiger partial charge in [-0.1, -0.05) is 41.6 Å². The van der Waals surface area contributed by atoms with Crippen LogP contribution in [0, 0.1) is 0 Å². The van der Waals surface area contributed by atoms with E-state index in [0.29, 0.717) is 31.1 Å². The molecule has 1 fully saturated rings. The van der Waals surface area contributed by atoms with Crippen LogP contribution in [0.3, 0.4) is 0 Å². The van der Waals surface area contributed by atoms with Crippen molar-refractivity contribution in [2.45, 2.75) is 25.2 Å². The van der Waals surface area contributed by atoms with Gasteiger partial charge in [0.05, 0.1) is 6.42 Å². The van der Waals surface area contributed by atoms with E-state index in [4.69, 9.17) is 4.52 Å². The van der Waals surface area contributed by atoms with E-state index in [1.807, 2.05) is 34.5 Å². The quantitative estimate of drug-likeness (QED) is 0.682. The van der Waals surface area contributed by atoms with Crippen LogP contribution in [0.1, 0.15) is 34.5 Å². The molecule has 0 radical (unpaired) electrons. The molecule has 0 saturated carbocycles. The van der Waals surface area contributed by atoms with E-state index < -0.39 is 0 Å². The number of hydrogen-bond donors (Lipinski definition) is 0. The molecule has 1 aliphatic rings. The van der Waals surface area contributed by atoms with E-state index in [1.165, 1.54) is 10.4 Å². The Morgan fingerprint density at radius 1 is 1.20 bits per heavy atom. The van der Waals surface area contributed by atoms with Crippen LogP contribution in [0.4, 0.5) is 0 Å². The summed E-state index contributed by atoms with van der Waals surface area (Å²) in [5.41, 5.74) is 1.25. The second kappa shape index (κ2) is 7.19. The van der Waals surface area contributed by atoms with Gasteiger partial charge in [-0.25, -0.2) is 0 Å². The van der Waals surface area contributed by atoms with Crippen LogP contribution in [-0.2, 0) is 17.6 Å². The highest BCUT2D eigenvalue weighted by atomic mass is 32.1. The van der Waals surface area contributed by atoms with Gasteiger partial charge in [-0.3, -0.25) is 4.79 Å². The molecule has 128 valence electrons. The van der Waals surface area contributed by atoms with E-state index in [-0.39, 0.29) is 11.8 Å². The Morgan fingerprint density at radius 3 is 2.88 bits per heavy atom. The largest absolute Gasteiger partial charge is 0.342 e. The molecular formula is C19H19N3O2S. The predicted octanol–water partition coefficient (Wildman–Crippen LogP) is 3.28. The summed E-state index contributed by atoms with van der Waals surface area (Å²) in [7, 11) is 0. The second-order valence-corrected chi connectivity index (χ2v) is 7.31. The second-order valence-electron chi connectivity index (χ2n) is 6.28. The fourth-order valence-corrected chi connectivity index (χ4v) is 3.83. The van der Waals surface area contributed by atoms with Gasteiger partial charge >= 0.3 is 0 Å². The van der Waals surface area contributed by atoms with Crippen molar-refractivity contribution in [1.82, 2.24) is 15.0 Å². The van der Waals surface area contributed by atoms with Gasteiger partial charge in [0.15, 0.2) is 5.82 Å². The molecule has 6 heteroatoms. The zero-order chi connectivity index (χ0) is 17.1. The van der Waals surface area contributed by atoms with E-state index in [9.17, 15) is 4.79 Å². The standard InChI is InChI=1S/C19H19N3O2S/c23-18-11-15(13-22(18)9-8-14-5-2-1-3-6-14)19-20-17(24-21-19)12-16-7-4-10-25-16/h1-7,10,15H,8-9,11-13H2/t15-/m1/s1. The molecule has 4 rings (SSSR count). The topological polar surface area (TPSA) is 59.2 Å². The summed E-state index contributed by atoms with van der Waals surface area (Å²) in [6, 6.07) is 14.3. The van der Waals surface area contributed by atoms with Gasteiger partial charge in [0.2, 0.25) is 11.8 Å². The summed E-state index contributed by atoms with van der Waals surface area (Å²) in [6.07, 6.45) is 1.99. The van der Waals surface area contributed by atoms with Gasteiger partial charge in [-0.05, 0) is 23.4 Å². The lowest BCUT2D eigenvalue weighted by molar-refractivity contribution is -0.127. The van der Waals surface area contributed by atoms with Crippen molar-refractivity contribution in [2.75, 3.05) is 13.1 Å². The number of nitrogens with zero attached hydrogens (tertiary/aromatic N) is 3. The lowest BCUT2D eigenvalue weighted by atomic mass is 10.1. The minimum atomic E-state index is 0.0316. The van der Waals surface area contributed by atoms with Crippen LogP contribution in [0.2, 0.25) is 0 Å². The Morgan fingerprint density at radius 2 is 2.08 bits per heavy atom. The van der Waals surface area contributed by atoms with Crippen molar-refractivity contribution in [1.29, 1.82) is 0 Å². The fraction of sp³-hybridized carbons (Fsp3) is 0.316. The SMILES string of the molecule is O=C1C[C@@H](c2noc(Cc3cccs3)n2)CN1CCc1ccccc1. The molecule has 0 aliphatic carbocycles. The monoisotopic (exact) mass is 353 g/mol. The van der Waals surface area contributed by atoms with Crippen molar-refractivity contribution in [2.24, 2.45) is 0 Å². The lowest BCUT2D eigenvalue weighted by Crippen LogP contribution is -2.27. The minimum Gasteiger partial charge on any atom is -0.342 e. The van der Waals surface area contributed by atoms with Gasteiger partial charge in [0, 0.05) is 30.3 Å². The number of benzene rings is 1. The van der Waals surface area contributed by atoms with Gasteiger partial charge in [0.25, 0.3) is 0 Å². The van der Waals surface area contributed by atoms with E-state index in [2.05, 4.69) is 28.3 Å². The molecule has 1 saturated heterocycles. The highest BCUT2D eigenvalue weighted by molar-refractivity contribution is 7.09. The number of carbonyl (C=O) groups is 1. The summed E-state index contributed by atoms with van der Waals surface area (Å²) in [5.74, 6) is 1.48. The van der Waals surface area contributed by atoms with Crippen molar-refractivity contribution >= 4 is 17.2 Å². The average Bonchev–Trinajstić information content (AvgIpc) is 3.36. The highest BCUT2D eigenvalue weighted by Gasteiger charge is 2.33. The van der Waals surface area contributed by atoms with Gasteiger partial charge < -0.3 is 9.42 Å². The smallest absolute Gasteiger partial charge is 0.231 e. The molecule has 1 atom stereocenters. The summed E-state index contributed by atoms with van der Waals surface area (Å²) >= 11 is 1.67. The third-order valence-corrected chi connectivity index (χ3v) is 5.36. The molecule has 0 N–H and O–H groups in total. The summed E-state index contributed by atoms with van der Waals surface area (Å²) in [5, 5.41) is 6.14. The molecule has 1 amide bonds. The zero-order valence-corrected chi connectivity index (χ0v) is 14.6. The normalized spacial score (nSPS) is 17.4. The minimum absolute atomic E-state index is 0.0316. The summed E-state index contributed by atoms with van der Waals surface area (Å²) < 4.78 is 5.37. The third kappa shape index (κ3) is 3.79. The predicted molar refractivity (Wildman–Crippen MR) is 95.5 cm³/mol. The van der Waals surface area contributed by atoms with E-state index >= 15 is 0 Å². The Hall–Kier alpha value is -2.47. The Bertz CT molecular complexity index is 829. The maximum absolute atomic E-state index is 12.3. The molecular weight excluding hydrogens is 334 g/mol. The molecule has 5 nitrogen and oxygen atoms in total. The molecule has 1 aliphatic heterocycles. The first-order chi connectivity index (χ1) is 12.3. The number of rotatable bonds is 6. The summed E-state index contributed by atoms with van der Waals surface area (Å²) in [4.78, 5) is 19.9. The van der Waals surface area contributed by atoms with Crippen molar-refractivity contribution in [3.05, 3.63) is 70.0 Å². The van der Waals surface area contributed by atoms with Crippen LogP contribution in [0.25, 0.3) is 0 Å². The number of carbonyl (C=O) groups excluding carboxylic acids is 1. The number of amides is 1. The maximum atomic E-state index is 12.3. The van der Waals surface area contributed by atoms with Gasteiger partial charge in [-0.2, -0.15) is 4.98 Å². The van der Waals surface area contributed by atoms with Gasteiger partial charge in [0.1, 0.15) is 0 Å². The van der Waals surface area contributed by atoms with Crippen LogP contribution < -0.4 is 0 Å². The Labute approximate surface area is 150 Å². The first-order valence-electron chi connectivity index (χ1n) is 8.44. The molecule has 1 aromatic carbocycles. The molecule has 0 bridgehead atoms. The van der Waals surface area contributed by atoms with E-state index in [0.717, 1.165) is 13.0 Å². The van der Waals surface area contributed by atoms with Crippen LogP contribution in [0.15, 0.2) is 52.4 Å². The number of hydrogen-bond acceptors (Lipinski definition) is 5. The summed E-state index contributed by atoms with van der Waals surface area (Å²) in [6.45, 7) is 1.41. The first kappa shape index (κ1) is 16.0. The lowest BCUT2D eigenvalue weighted by Gasteiger charge is -2.15. The maximum Gasteiger partial charge on any atom is 0.231 e. The molecule has 0 unspecified atom stereocenters. The third-order valence-electron chi connectivity index (χ3n) is 4.48. The van der Waals surface area contributed by atoms with Crippen LogP contribution >= 0.6 is 11.3 Å². The number of aromatic nitrogens is 2. The number of thiophene rings is 1. The fourth-order valence-electron chi connectivity index (χ4n) is 3.14. The number of likely N-dealkylation sites (tertiary alicyclic amines) is 1. The molecule has 2 aromatic heterocycles. The zero-order valence-electron chi connectivity index (χ0n) is 13.8. The van der Waals surface area contributed by atoms with Crippen molar-refractivity contribution < 1.29 is 9.32 Å². The highest BCUT2D eigenvalue weighted by Crippen LogP contribution is 2.27. The Kier molecular flexibility index (Phi) is 4.61. The molecule has 0 spiro atoms. The van der Waals surface area contributed by atoms with E-state index in [1.54, 1.807) is 11.3 Å². The van der Waals surface area contributed by atoms with Crippen molar-refractivity contribution in [3.63, 3.8) is 0 Å².